The van der Waals surface area contributed by atoms with Crippen molar-refractivity contribution >= 4 is 27.5 Å². The molecule has 106 valence electrons. The molecule has 2 N–H and O–H groups in total. The van der Waals surface area contributed by atoms with Gasteiger partial charge in [0.05, 0.1) is 5.02 Å². The fourth-order valence-electron chi connectivity index (χ4n) is 1.71. The van der Waals surface area contributed by atoms with Crippen LogP contribution in [0.2, 0.25) is 5.02 Å². The van der Waals surface area contributed by atoms with Crippen LogP contribution in [0.4, 0.5) is 4.39 Å². The van der Waals surface area contributed by atoms with Crippen molar-refractivity contribution in [3.05, 3.63) is 62.8 Å². The van der Waals surface area contributed by atoms with Crippen LogP contribution in [-0.2, 0) is 6.61 Å². The predicted molar refractivity (Wildman–Crippen MR) is 82.5 cm³/mol. The van der Waals surface area contributed by atoms with E-state index in [0.717, 1.165) is 11.1 Å². The Labute approximate surface area is 130 Å². The van der Waals surface area contributed by atoms with E-state index in [2.05, 4.69) is 15.9 Å². The van der Waals surface area contributed by atoms with E-state index < -0.39 is 0 Å². The van der Waals surface area contributed by atoms with Gasteiger partial charge in [-0.3, -0.25) is 0 Å². The van der Waals surface area contributed by atoms with Gasteiger partial charge in [0.15, 0.2) is 0 Å². The molecule has 0 bridgehead atoms. The lowest BCUT2D eigenvalue weighted by molar-refractivity contribution is 0.305. The molecule has 0 unspecified atom stereocenters. The summed E-state index contributed by atoms with van der Waals surface area (Å²) in [5.74, 6) is 0.284. The first-order valence-electron chi connectivity index (χ1n) is 6.09. The van der Waals surface area contributed by atoms with Crippen molar-refractivity contribution in [2.24, 2.45) is 5.73 Å². The minimum absolute atomic E-state index is 0.0761. The summed E-state index contributed by atoms with van der Waals surface area (Å²) in [6.45, 7) is 2.19. The summed E-state index contributed by atoms with van der Waals surface area (Å²) in [7, 11) is 0. The molecule has 0 saturated carbocycles. The van der Waals surface area contributed by atoms with Crippen LogP contribution in [0.15, 0.2) is 40.9 Å². The largest absolute Gasteiger partial charge is 0.487 e. The van der Waals surface area contributed by atoms with Gasteiger partial charge in [-0.05, 0) is 36.8 Å². The van der Waals surface area contributed by atoms with Crippen LogP contribution in [-0.4, -0.2) is 0 Å². The number of hydrogen-bond acceptors (Lipinski definition) is 2. The SMILES string of the molecule is C[C@@H](N)c1ccc(OCc2ccc(F)cc2Br)c(Cl)c1. The zero-order valence-corrected chi connectivity index (χ0v) is 13.2. The van der Waals surface area contributed by atoms with Crippen LogP contribution in [0, 0.1) is 5.82 Å². The molecule has 0 heterocycles. The molecular formula is C15H14BrClFNO. The average molecular weight is 359 g/mol. The molecule has 0 aliphatic rings. The minimum atomic E-state index is -0.292. The molecule has 1 atom stereocenters. The third-order valence-electron chi connectivity index (χ3n) is 2.88. The molecule has 0 radical (unpaired) electrons. The molecule has 0 aliphatic heterocycles. The molecule has 2 nitrogen and oxygen atoms in total. The van der Waals surface area contributed by atoms with Crippen molar-refractivity contribution < 1.29 is 9.13 Å². The zero-order valence-electron chi connectivity index (χ0n) is 10.9. The first kappa shape index (κ1) is 15.3. The second-order valence-corrected chi connectivity index (χ2v) is 5.76. The zero-order chi connectivity index (χ0) is 14.7. The van der Waals surface area contributed by atoms with Crippen LogP contribution in [0.25, 0.3) is 0 Å². The van der Waals surface area contributed by atoms with Gasteiger partial charge in [0, 0.05) is 16.1 Å². The van der Waals surface area contributed by atoms with Gasteiger partial charge >= 0.3 is 0 Å². The molecule has 0 saturated heterocycles. The molecule has 20 heavy (non-hydrogen) atoms. The van der Waals surface area contributed by atoms with Gasteiger partial charge in [0.2, 0.25) is 0 Å². The summed E-state index contributed by atoms with van der Waals surface area (Å²) >= 11 is 9.45. The highest BCUT2D eigenvalue weighted by Crippen LogP contribution is 2.29. The Morgan fingerprint density at radius 1 is 1.30 bits per heavy atom. The highest BCUT2D eigenvalue weighted by atomic mass is 79.9. The standard InChI is InChI=1S/C15H14BrClFNO/c1-9(19)10-3-5-15(14(17)6-10)20-8-11-2-4-12(18)7-13(11)16/h2-7,9H,8,19H2,1H3/t9-/m1/s1. The van der Waals surface area contributed by atoms with E-state index >= 15 is 0 Å². The maximum Gasteiger partial charge on any atom is 0.138 e. The van der Waals surface area contributed by atoms with Gasteiger partial charge in [-0.15, -0.1) is 0 Å². The van der Waals surface area contributed by atoms with Crippen LogP contribution in [0.1, 0.15) is 24.1 Å². The summed E-state index contributed by atoms with van der Waals surface area (Å²) in [6.07, 6.45) is 0. The van der Waals surface area contributed by atoms with Crippen molar-refractivity contribution in [3.63, 3.8) is 0 Å². The fraction of sp³-hybridized carbons (Fsp3) is 0.200. The first-order chi connectivity index (χ1) is 9.47. The Morgan fingerprint density at radius 2 is 2.05 bits per heavy atom. The van der Waals surface area contributed by atoms with Crippen molar-refractivity contribution in [1.29, 1.82) is 0 Å². The summed E-state index contributed by atoms with van der Waals surface area (Å²) in [5, 5.41) is 0.512. The van der Waals surface area contributed by atoms with E-state index in [0.29, 0.717) is 21.9 Å². The van der Waals surface area contributed by atoms with Gasteiger partial charge in [-0.1, -0.05) is 39.7 Å². The molecule has 0 aliphatic carbocycles. The average Bonchev–Trinajstić information content (AvgIpc) is 2.38. The second-order valence-electron chi connectivity index (χ2n) is 4.50. The third kappa shape index (κ3) is 3.72. The number of nitrogens with two attached hydrogens (primary N) is 1. The lowest BCUT2D eigenvalue weighted by atomic mass is 10.1. The monoisotopic (exact) mass is 357 g/mol. The number of hydrogen-bond donors (Lipinski definition) is 1. The van der Waals surface area contributed by atoms with Gasteiger partial charge in [0.25, 0.3) is 0 Å². The molecule has 0 aromatic heterocycles. The molecular weight excluding hydrogens is 345 g/mol. The maximum absolute atomic E-state index is 13.0. The third-order valence-corrected chi connectivity index (χ3v) is 3.91. The molecule has 0 spiro atoms. The Morgan fingerprint density at radius 3 is 2.65 bits per heavy atom. The summed E-state index contributed by atoms with van der Waals surface area (Å²) in [4.78, 5) is 0. The summed E-state index contributed by atoms with van der Waals surface area (Å²) in [5.41, 5.74) is 7.59. The van der Waals surface area contributed by atoms with E-state index in [-0.39, 0.29) is 11.9 Å². The van der Waals surface area contributed by atoms with Crippen LogP contribution < -0.4 is 10.5 Å². The number of benzene rings is 2. The van der Waals surface area contributed by atoms with Crippen LogP contribution >= 0.6 is 27.5 Å². The topological polar surface area (TPSA) is 35.2 Å². The Kier molecular flexibility index (Phi) is 5.02. The van der Waals surface area contributed by atoms with Gasteiger partial charge in [-0.25, -0.2) is 4.39 Å². The van der Waals surface area contributed by atoms with Crippen LogP contribution in [0.5, 0.6) is 5.75 Å². The van der Waals surface area contributed by atoms with Gasteiger partial charge < -0.3 is 10.5 Å². The Balaban J connectivity index is 2.11. The lowest BCUT2D eigenvalue weighted by Crippen LogP contribution is -2.05. The van der Waals surface area contributed by atoms with Crippen molar-refractivity contribution in [2.75, 3.05) is 0 Å². The minimum Gasteiger partial charge on any atom is -0.487 e. The fourth-order valence-corrected chi connectivity index (χ4v) is 2.42. The van der Waals surface area contributed by atoms with Crippen molar-refractivity contribution in [2.45, 2.75) is 19.6 Å². The normalized spacial score (nSPS) is 12.2. The molecule has 2 aromatic rings. The molecule has 0 amide bonds. The summed E-state index contributed by atoms with van der Waals surface area (Å²) in [6, 6.07) is 9.85. The smallest absolute Gasteiger partial charge is 0.138 e. The quantitative estimate of drug-likeness (QED) is 0.848. The van der Waals surface area contributed by atoms with Crippen LogP contribution in [0.3, 0.4) is 0 Å². The summed E-state index contributed by atoms with van der Waals surface area (Å²) < 4.78 is 19.3. The number of rotatable bonds is 4. The predicted octanol–water partition coefficient (Wildman–Crippen LogP) is 4.84. The highest BCUT2D eigenvalue weighted by Gasteiger charge is 2.08. The molecule has 0 fully saturated rings. The van der Waals surface area contributed by atoms with Crippen molar-refractivity contribution in [1.82, 2.24) is 0 Å². The second kappa shape index (κ2) is 6.57. The van der Waals surface area contributed by atoms with Crippen molar-refractivity contribution in [3.8, 4) is 5.75 Å². The number of halogens is 3. The van der Waals surface area contributed by atoms with E-state index in [1.807, 2.05) is 13.0 Å². The molecule has 5 heteroatoms. The first-order valence-corrected chi connectivity index (χ1v) is 7.26. The molecule has 2 aromatic carbocycles. The Hall–Kier alpha value is -1.10. The lowest BCUT2D eigenvalue weighted by Gasteiger charge is -2.12. The van der Waals surface area contributed by atoms with E-state index in [1.54, 1.807) is 18.2 Å². The van der Waals surface area contributed by atoms with E-state index in [1.165, 1.54) is 12.1 Å². The maximum atomic E-state index is 13.0. The van der Waals surface area contributed by atoms with E-state index in [4.69, 9.17) is 22.1 Å². The van der Waals surface area contributed by atoms with E-state index in [9.17, 15) is 4.39 Å². The Bertz CT molecular complexity index is 619. The van der Waals surface area contributed by atoms with Gasteiger partial charge in [-0.2, -0.15) is 0 Å². The molecule has 2 rings (SSSR count). The van der Waals surface area contributed by atoms with Gasteiger partial charge in [0.1, 0.15) is 18.2 Å². The highest BCUT2D eigenvalue weighted by molar-refractivity contribution is 9.10. The number of ether oxygens (including phenoxy) is 1.